The summed E-state index contributed by atoms with van der Waals surface area (Å²) in [7, 11) is -2.73. The third kappa shape index (κ3) is 10.5. The van der Waals surface area contributed by atoms with E-state index in [0.717, 1.165) is 19.3 Å². The van der Waals surface area contributed by atoms with Gasteiger partial charge in [0.15, 0.2) is 0 Å². The molecule has 0 amide bonds. The SMILES string of the molecule is CCCCCCCCS(=O)(=O)SC(Cl)=C(Cl)Cl. The van der Waals surface area contributed by atoms with Gasteiger partial charge in [-0.25, -0.2) is 8.42 Å². The highest BCUT2D eigenvalue weighted by atomic mass is 35.5. The number of rotatable bonds is 9. The lowest BCUT2D eigenvalue weighted by Crippen LogP contribution is -2.00. The van der Waals surface area contributed by atoms with E-state index in [-0.39, 0.29) is 14.6 Å². The van der Waals surface area contributed by atoms with E-state index in [2.05, 4.69) is 6.92 Å². The predicted molar refractivity (Wildman–Crippen MR) is 79.3 cm³/mol. The Morgan fingerprint density at radius 3 is 2.06 bits per heavy atom. The fourth-order valence-corrected chi connectivity index (χ4v) is 5.06. The van der Waals surface area contributed by atoms with Crippen molar-refractivity contribution in [3.63, 3.8) is 0 Å². The minimum Gasteiger partial charge on any atom is -0.217 e. The lowest BCUT2D eigenvalue weighted by molar-refractivity contribution is 0.595. The molecule has 0 bridgehead atoms. The number of hydrogen-bond donors (Lipinski definition) is 0. The molecule has 0 saturated heterocycles. The zero-order valence-corrected chi connectivity index (χ0v) is 13.6. The summed E-state index contributed by atoms with van der Waals surface area (Å²) in [5.74, 6) is 0.112. The minimum atomic E-state index is -3.26. The maximum Gasteiger partial charge on any atom is 0.207 e. The smallest absolute Gasteiger partial charge is 0.207 e. The molecule has 0 fully saturated rings. The third-order valence-corrected chi connectivity index (χ3v) is 6.74. The second kappa shape index (κ2) is 9.79. The van der Waals surface area contributed by atoms with Crippen molar-refractivity contribution in [2.24, 2.45) is 0 Å². The van der Waals surface area contributed by atoms with E-state index in [1.807, 2.05) is 0 Å². The first-order chi connectivity index (χ1) is 7.89. The standard InChI is InChI=1S/C10H17Cl3O2S2/c1-2-3-4-5-6-7-8-17(14,15)16-10(13)9(11)12/h2-8H2,1H3. The molecule has 0 aliphatic rings. The largest absolute Gasteiger partial charge is 0.217 e. The van der Waals surface area contributed by atoms with Crippen LogP contribution in [0.5, 0.6) is 0 Å². The molecule has 0 saturated carbocycles. The number of halogens is 3. The highest BCUT2D eigenvalue weighted by Crippen LogP contribution is 2.33. The van der Waals surface area contributed by atoms with Crippen LogP contribution in [0.25, 0.3) is 0 Å². The molecule has 2 nitrogen and oxygen atoms in total. The van der Waals surface area contributed by atoms with E-state index in [1.54, 1.807) is 0 Å². The summed E-state index contributed by atoms with van der Waals surface area (Å²) in [5.41, 5.74) is 0. The van der Waals surface area contributed by atoms with Gasteiger partial charge in [0.1, 0.15) is 8.86 Å². The fraction of sp³-hybridized carbons (Fsp3) is 0.800. The van der Waals surface area contributed by atoms with Gasteiger partial charge in [-0.05, 0) is 6.42 Å². The molecule has 17 heavy (non-hydrogen) atoms. The predicted octanol–water partition coefficient (Wildman–Crippen LogP) is 5.25. The zero-order valence-electron chi connectivity index (χ0n) is 9.72. The van der Waals surface area contributed by atoms with E-state index in [0.29, 0.717) is 17.2 Å². The topological polar surface area (TPSA) is 34.1 Å². The minimum absolute atomic E-state index is 0.0840. The lowest BCUT2D eigenvalue weighted by Gasteiger charge is -2.03. The molecule has 0 aromatic rings. The summed E-state index contributed by atoms with van der Waals surface area (Å²) in [5, 5.41) is 0. The Morgan fingerprint density at radius 2 is 1.53 bits per heavy atom. The molecule has 0 unspecified atom stereocenters. The van der Waals surface area contributed by atoms with E-state index in [4.69, 9.17) is 34.8 Å². The van der Waals surface area contributed by atoms with Crippen LogP contribution < -0.4 is 0 Å². The first-order valence-electron chi connectivity index (χ1n) is 5.52. The maximum atomic E-state index is 11.6. The lowest BCUT2D eigenvalue weighted by atomic mass is 10.1. The summed E-state index contributed by atoms with van der Waals surface area (Å²) >= 11 is 16.3. The van der Waals surface area contributed by atoms with Gasteiger partial charge in [0.2, 0.25) is 8.87 Å². The monoisotopic (exact) mass is 338 g/mol. The Bertz CT molecular complexity index is 335. The second-order valence-electron chi connectivity index (χ2n) is 3.65. The van der Waals surface area contributed by atoms with Crippen molar-refractivity contribution < 1.29 is 8.42 Å². The van der Waals surface area contributed by atoms with Crippen LogP contribution in [0.1, 0.15) is 45.4 Å². The molecule has 0 spiro atoms. The van der Waals surface area contributed by atoms with E-state index >= 15 is 0 Å². The van der Waals surface area contributed by atoms with Crippen LogP contribution in [0.3, 0.4) is 0 Å². The van der Waals surface area contributed by atoms with Crippen molar-refractivity contribution in [3.8, 4) is 0 Å². The van der Waals surface area contributed by atoms with Crippen LogP contribution in [0, 0.1) is 0 Å². The van der Waals surface area contributed by atoms with Crippen molar-refractivity contribution in [2.45, 2.75) is 45.4 Å². The van der Waals surface area contributed by atoms with Crippen molar-refractivity contribution >= 4 is 54.5 Å². The molecule has 7 heteroatoms. The van der Waals surface area contributed by atoms with Gasteiger partial charge in [-0.15, -0.1) is 0 Å². The average molecular weight is 340 g/mol. The molecular formula is C10H17Cl3O2S2. The highest BCUT2D eigenvalue weighted by Gasteiger charge is 2.15. The van der Waals surface area contributed by atoms with Crippen LogP contribution in [0.4, 0.5) is 0 Å². The van der Waals surface area contributed by atoms with Gasteiger partial charge in [0.05, 0.1) is 5.75 Å². The van der Waals surface area contributed by atoms with E-state index < -0.39 is 8.87 Å². The molecule has 102 valence electrons. The van der Waals surface area contributed by atoms with E-state index in [9.17, 15) is 8.42 Å². The van der Waals surface area contributed by atoms with Gasteiger partial charge in [-0.2, -0.15) is 0 Å². The molecular weight excluding hydrogens is 323 g/mol. The Hall–Kier alpha value is 0.910. The van der Waals surface area contributed by atoms with Gasteiger partial charge in [0, 0.05) is 10.8 Å². The Morgan fingerprint density at radius 1 is 1.00 bits per heavy atom. The molecule has 0 atom stereocenters. The first-order valence-corrected chi connectivity index (χ1v) is 9.64. The van der Waals surface area contributed by atoms with Crippen molar-refractivity contribution in [2.75, 3.05) is 5.75 Å². The van der Waals surface area contributed by atoms with Crippen LogP contribution in [-0.2, 0) is 8.87 Å². The fourth-order valence-electron chi connectivity index (χ4n) is 1.24. The van der Waals surface area contributed by atoms with Gasteiger partial charge >= 0.3 is 0 Å². The van der Waals surface area contributed by atoms with Crippen LogP contribution in [0.15, 0.2) is 8.86 Å². The van der Waals surface area contributed by atoms with Crippen molar-refractivity contribution in [3.05, 3.63) is 8.86 Å². The normalized spacial score (nSPS) is 11.5. The molecule has 0 aromatic heterocycles. The van der Waals surface area contributed by atoms with Gasteiger partial charge in [-0.3, -0.25) is 0 Å². The Balaban J connectivity index is 3.84. The van der Waals surface area contributed by atoms with Crippen molar-refractivity contribution in [1.82, 2.24) is 0 Å². The quantitative estimate of drug-likeness (QED) is 0.425. The maximum absolute atomic E-state index is 11.6. The van der Waals surface area contributed by atoms with E-state index in [1.165, 1.54) is 12.8 Å². The Labute approximate surface area is 122 Å². The van der Waals surface area contributed by atoms with Gasteiger partial charge in [0.25, 0.3) is 0 Å². The van der Waals surface area contributed by atoms with Gasteiger partial charge < -0.3 is 0 Å². The Kier molecular flexibility index (Phi) is 10.3. The molecule has 0 N–H and O–H groups in total. The van der Waals surface area contributed by atoms with Crippen LogP contribution in [-0.4, -0.2) is 14.2 Å². The highest BCUT2D eigenvalue weighted by molar-refractivity contribution is 8.74. The molecule has 0 heterocycles. The molecule has 0 aromatic carbocycles. The van der Waals surface area contributed by atoms with Gasteiger partial charge in [-0.1, -0.05) is 73.8 Å². The average Bonchev–Trinajstić information content (AvgIpc) is 2.22. The summed E-state index contributed by atoms with van der Waals surface area (Å²) < 4.78 is 22.8. The molecule has 0 aliphatic carbocycles. The van der Waals surface area contributed by atoms with Crippen LogP contribution in [0.2, 0.25) is 0 Å². The zero-order chi connectivity index (χ0) is 13.3. The summed E-state index contributed by atoms with van der Waals surface area (Å²) in [4.78, 5) is 0. The van der Waals surface area contributed by atoms with Crippen molar-refractivity contribution in [1.29, 1.82) is 0 Å². The summed E-state index contributed by atoms with van der Waals surface area (Å²) in [6.45, 7) is 2.14. The molecule has 0 aliphatic heterocycles. The number of unbranched alkanes of at least 4 members (excludes halogenated alkanes) is 5. The van der Waals surface area contributed by atoms with Crippen LogP contribution >= 0.6 is 45.6 Å². The first kappa shape index (κ1) is 17.9. The molecule has 0 rings (SSSR count). The second-order valence-corrected chi connectivity index (χ2v) is 9.32. The summed E-state index contributed by atoms with van der Waals surface area (Å²) in [6, 6.07) is 0. The third-order valence-electron chi connectivity index (χ3n) is 2.10. The number of hydrogen-bond acceptors (Lipinski definition) is 3. The molecule has 0 radical (unpaired) electrons. The summed E-state index contributed by atoms with van der Waals surface area (Å²) in [6.07, 6.45) is 6.21.